The number of benzene rings is 18. The molecule has 115 heavy (non-hydrogen) atoms. The highest BCUT2D eigenvalue weighted by molar-refractivity contribution is 7.00. The molecule has 20 aromatic rings. The Morgan fingerprint density at radius 1 is 0.226 bits per heavy atom. The summed E-state index contributed by atoms with van der Waals surface area (Å²) in [4.78, 5) is 5.53. The Morgan fingerprint density at radius 3 is 0.983 bits per heavy atom. The van der Waals surface area contributed by atoms with Gasteiger partial charge in [0.15, 0.2) is 0 Å². The van der Waals surface area contributed by atoms with E-state index in [1.807, 2.05) is 0 Å². The third-order valence-corrected chi connectivity index (χ3v) is 25.2. The van der Waals surface area contributed by atoms with E-state index in [4.69, 9.17) is 0 Å². The van der Waals surface area contributed by atoms with Crippen molar-refractivity contribution in [3.63, 3.8) is 0 Å². The molecule has 0 unspecified atom stereocenters. The molecule has 2 aliphatic heterocycles. The lowest BCUT2D eigenvalue weighted by atomic mass is 9.33. The maximum Gasteiger partial charge on any atom is 0.252 e. The van der Waals surface area contributed by atoms with E-state index in [2.05, 4.69) is 433 Å². The topological polar surface area (TPSA) is 16.3 Å². The van der Waals surface area contributed by atoms with E-state index in [0.29, 0.717) is 0 Å². The average molecular weight is 1470 g/mol. The van der Waals surface area contributed by atoms with Crippen LogP contribution in [0, 0.1) is 0 Å². The number of nitrogens with zero attached hydrogens (tertiary/aromatic N) is 4. The number of para-hydroxylation sites is 2. The van der Waals surface area contributed by atoms with Gasteiger partial charge >= 0.3 is 0 Å². The number of fused-ring (bicyclic) bond motifs is 8. The molecule has 18 aromatic carbocycles. The first-order valence-electron chi connectivity index (χ1n) is 40.7. The van der Waals surface area contributed by atoms with Gasteiger partial charge in [-0.25, -0.2) is 0 Å². The molecular weight excluding hydrogens is 1390 g/mol. The Balaban J connectivity index is 0.929. The maximum absolute atomic E-state index is 2.77. The SMILES string of the molecule is CC(C)(C)c1cccc(-c2cc(-c3ccccc3)cc(-c3ccccc3)c2N2c3cc(-n4c5ccccc5c5ccccc54)ccc3B3c4ccc(-n5c6ccc7cccc8c9cccc%10ccc5c(c%109)c6c78)cc4N(c4c(-c5ccccc5)cc(-c5ccccc5)cc4-c4cccc(C(C)(C)C)c4)c4cc(C(C)(C)C)cc2c43)c1. The van der Waals surface area contributed by atoms with Gasteiger partial charge in [-0.15, -0.1) is 0 Å². The third-order valence-electron chi connectivity index (χ3n) is 25.2. The molecule has 2 aromatic heterocycles. The van der Waals surface area contributed by atoms with Crippen molar-refractivity contribution in [3.8, 4) is 78.1 Å². The third kappa shape index (κ3) is 10.7. The van der Waals surface area contributed by atoms with Crippen LogP contribution in [0.25, 0.3) is 154 Å². The number of hydrogen-bond donors (Lipinski definition) is 0. The molecule has 0 spiro atoms. The highest BCUT2D eigenvalue weighted by Gasteiger charge is 2.47. The summed E-state index contributed by atoms with van der Waals surface area (Å²) in [5.41, 5.74) is 34.2. The molecule has 548 valence electrons. The second kappa shape index (κ2) is 25.5. The second-order valence-corrected chi connectivity index (χ2v) is 35.2. The van der Waals surface area contributed by atoms with E-state index in [0.717, 1.165) is 123 Å². The van der Waals surface area contributed by atoms with Crippen LogP contribution in [0.4, 0.5) is 34.1 Å². The summed E-state index contributed by atoms with van der Waals surface area (Å²) in [5.74, 6) is 0. The van der Waals surface area contributed by atoms with E-state index in [1.54, 1.807) is 0 Å². The van der Waals surface area contributed by atoms with Crippen molar-refractivity contribution in [1.82, 2.24) is 9.13 Å². The molecule has 0 saturated carbocycles. The van der Waals surface area contributed by atoms with Gasteiger partial charge < -0.3 is 18.9 Å². The first-order chi connectivity index (χ1) is 56.0. The predicted octanol–water partition coefficient (Wildman–Crippen LogP) is 28.2. The first kappa shape index (κ1) is 68.3. The summed E-state index contributed by atoms with van der Waals surface area (Å²) >= 11 is 0. The van der Waals surface area contributed by atoms with Gasteiger partial charge in [-0.05, 0) is 211 Å². The first-order valence-corrected chi connectivity index (χ1v) is 40.7. The normalized spacial score (nSPS) is 13.0. The fourth-order valence-electron chi connectivity index (χ4n) is 19.6. The van der Waals surface area contributed by atoms with Crippen molar-refractivity contribution >= 4 is 133 Å². The van der Waals surface area contributed by atoms with E-state index in [1.165, 1.54) is 98.0 Å². The zero-order valence-corrected chi connectivity index (χ0v) is 66.4. The summed E-state index contributed by atoms with van der Waals surface area (Å²) < 4.78 is 5.12. The molecule has 0 atom stereocenters. The fraction of sp³-hybridized carbons (Fsp3) is 0.109. The Hall–Kier alpha value is -13.5. The summed E-state index contributed by atoms with van der Waals surface area (Å²) in [5, 5.41) is 12.8. The van der Waals surface area contributed by atoms with E-state index in [-0.39, 0.29) is 23.0 Å². The van der Waals surface area contributed by atoms with Crippen LogP contribution in [0.2, 0.25) is 0 Å². The van der Waals surface area contributed by atoms with Gasteiger partial charge in [0.25, 0.3) is 6.71 Å². The highest BCUT2D eigenvalue weighted by atomic mass is 15.2. The van der Waals surface area contributed by atoms with Gasteiger partial charge in [0.05, 0.1) is 33.4 Å². The van der Waals surface area contributed by atoms with Gasteiger partial charge in [-0.2, -0.15) is 0 Å². The minimum atomic E-state index is -0.378. The van der Waals surface area contributed by atoms with Gasteiger partial charge in [-0.3, -0.25) is 0 Å². The molecule has 5 heteroatoms. The minimum Gasteiger partial charge on any atom is -0.310 e. The van der Waals surface area contributed by atoms with Crippen LogP contribution in [-0.4, -0.2) is 15.8 Å². The molecule has 0 amide bonds. The van der Waals surface area contributed by atoms with Gasteiger partial charge in [0, 0.05) is 77.9 Å². The molecule has 0 bridgehead atoms. The van der Waals surface area contributed by atoms with E-state index in [9.17, 15) is 0 Å². The zero-order chi connectivity index (χ0) is 77.5. The predicted molar refractivity (Wildman–Crippen MR) is 493 cm³/mol. The fourth-order valence-corrected chi connectivity index (χ4v) is 19.6. The number of aromatic nitrogens is 2. The van der Waals surface area contributed by atoms with Crippen LogP contribution < -0.4 is 26.2 Å². The van der Waals surface area contributed by atoms with Crippen molar-refractivity contribution in [2.24, 2.45) is 0 Å². The van der Waals surface area contributed by atoms with Crippen LogP contribution in [0.1, 0.15) is 79.0 Å². The lowest BCUT2D eigenvalue weighted by molar-refractivity contribution is 0.590. The largest absolute Gasteiger partial charge is 0.310 e. The van der Waals surface area contributed by atoms with Crippen LogP contribution in [0.3, 0.4) is 0 Å². The van der Waals surface area contributed by atoms with Crippen LogP contribution in [-0.2, 0) is 16.2 Å². The minimum absolute atomic E-state index is 0.147. The van der Waals surface area contributed by atoms with Crippen LogP contribution in [0.5, 0.6) is 0 Å². The number of rotatable bonds is 10. The molecule has 0 aliphatic carbocycles. The second-order valence-electron chi connectivity index (χ2n) is 35.2. The smallest absolute Gasteiger partial charge is 0.252 e. The monoisotopic (exact) mass is 1470 g/mol. The standard InChI is InChI=1S/C110H85BN4/c1-108(2,3)78-42-26-40-74(58-78)89-62-76(68-30-14-10-15-31-68)60-87(70-34-18-12-19-35-70)106(89)114-97-66-81(112-93-48-24-22-44-83(93)84-45-23-25-49-94(84)112)52-54-91(97)111-92-55-53-82(113-95-56-50-72-38-28-46-85-86-47-29-39-73-51-57-96(113)104(102(73)86)103(95)101(72)85)67-98(92)115(100-65-80(110(7,8)9)64-99(114)105(100)111)107-88(71-36-20-13-21-37-71)61-77(69-32-16-11-17-33-69)63-90(107)75-41-27-43-79(59-75)109(4,5)6/h10-67H,1-9H3. The maximum atomic E-state index is 2.77. The van der Waals surface area contributed by atoms with Crippen molar-refractivity contribution < 1.29 is 0 Å². The number of hydrogen-bond acceptors (Lipinski definition) is 2. The van der Waals surface area contributed by atoms with Gasteiger partial charge in [0.1, 0.15) is 0 Å². The van der Waals surface area contributed by atoms with E-state index >= 15 is 0 Å². The van der Waals surface area contributed by atoms with Crippen LogP contribution >= 0.6 is 0 Å². The zero-order valence-electron chi connectivity index (χ0n) is 66.4. The average Bonchev–Trinajstić information content (AvgIpc) is 1.50. The summed E-state index contributed by atoms with van der Waals surface area (Å²) in [6.45, 7) is 21.0. The molecule has 22 rings (SSSR count). The van der Waals surface area contributed by atoms with Crippen molar-refractivity contribution in [1.29, 1.82) is 0 Å². The Labute approximate surface area is 672 Å². The Morgan fingerprint density at radius 2 is 0.574 bits per heavy atom. The summed E-state index contributed by atoms with van der Waals surface area (Å²) in [7, 11) is 0. The molecule has 0 radical (unpaired) electrons. The molecular formula is C110H85BN4. The molecule has 0 N–H and O–H groups in total. The van der Waals surface area contributed by atoms with E-state index < -0.39 is 0 Å². The molecule has 4 nitrogen and oxygen atoms in total. The lowest BCUT2D eigenvalue weighted by Crippen LogP contribution is -2.61. The molecule has 4 heterocycles. The van der Waals surface area contributed by atoms with Gasteiger partial charge in [-0.1, -0.05) is 329 Å². The molecule has 2 aliphatic rings. The quantitative estimate of drug-likeness (QED) is 0.0771. The van der Waals surface area contributed by atoms with Crippen LogP contribution in [0.15, 0.2) is 352 Å². The van der Waals surface area contributed by atoms with Crippen molar-refractivity contribution in [2.75, 3.05) is 9.80 Å². The lowest BCUT2D eigenvalue weighted by Gasteiger charge is -2.46. The van der Waals surface area contributed by atoms with Gasteiger partial charge in [0.2, 0.25) is 0 Å². The summed E-state index contributed by atoms with van der Waals surface area (Å²) in [6.07, 6.45) is 0. The Kier molecular flexibility index (Phi) is 15.2. The Bertz CT molecular complexity index is 7170. The molecule has 0 saturated heterocycles. The molecule has 0 fully saturated rings. The highest BCUT2D eigenvalue weighted by Crippen LogP contribution is 2.57. The van der Waals surface area contributed by atoms with Crippen molar-refractivity contribution in [2.45, 2.75) is 78.6 Å². The van der Waals surface area contributed by atoms with Crippen molar-refractivity contribution in [3.05, 3.63) is 369 Å². The summed E-state index contributed by atoms with van der Waals surface area (Å²) in [6, 6.07) is 135. The number of anilines is 6.